The minimum atomic E-state index is -4.95. The first-order valence-corrected chi connectivity index (χ1v) is 12.9. The molecule has 1 N–H and O–H groups in total. The molecule has 1 fully saturated rings. The van der Waals surface area contributed by atoms with E-state index in [9.17, 15) is 26.3 Å². The van der Waals surface area contributed by atoms with Crippen molar-refractivity contribution in [3.8, 4) is 0 Å². The number of nitrogens with one attached hydrogen (secondary N) is 1. The first-order chi connectivity index (χ1) is 19.0. The van der Waals surface area contributed by atoms with Gasteiger partial charge >= 0.3 is 12.4 Å². The summed E-state index contributed by atoms with van der Waals surface area (Å²) >= 11 is 0. The quantitative estimate of drug-likeness (QED) is 0.219. The number of pyridine rings is 1. The van der Waals surface area contributed by atoms with Gasteiger partial charge in [0.15, 0.2) is 0 Å². The second kappa shape index (κ2) is 10.9. The van der Waals surface area contributed by atoms with Crippen molar-refractivity contribution in [3.05, 3.63) is 70.8 Å². The SMILES string of the molecule is CCCN(CC1CC1)c1nc2ccccc2cc1CN(Cc1cc(C(F)(F)F)cc(C(F)(F)F)c1)c1nn[nH]n1. The average molecular weight is 564 g/mol. The second-order valence-corrected chi connectivity index (χ2v) is 10.0. The lowest BCUT2D eigenvalue weighted by Gasteiger charge is -2.29. The number of anilines is 2. The summed E-state index contributed by atoms with van der Waals surface area (Å²) < 4.78 is 81.2. The summed E-state index contributed by atoms with van der Waals surface area (Å²) in [5.74, 6) is 1.32. The molecule has 0 radical (unpaired) electrons. The van der Waals surface area contributed by atoms with Gasteiger partial charge in [-0.2, -0.15) is 31.6 Å². The molecule has 13 heteroatoms. The van der Waals surface area contributed by atoms with E-state index < -0.39 is 23.5 Å². The molecule has 1 aliphatic rings. The standard InChI is InChI=1S/C27H27F6N7/c1-2-9-39(14-17-7-8-17)24-20(12-19-5-3-4-6-23(19)34-24)16-40(25-35-37-38-36-25)15-18-10-21(26(28,29)30)13-22(11-18)27(31,32)33/h3-6,10-13,17H,2,7-9,14-16H2,1H3,(H,35,36,37,38). The fraction of sp³-hybridized carbons (Fsp3) is 0.407. The number of fused-ring (bicyclic) bond motifs is 1. The molecule has 0 saturated heterocycles. The molecule has 0 amide bonds. The lowest BCUT2D eigenvalue weighted by molar-refractivity contribution is -0.143. The van der Waals surface area contributed by atoms with Gasteiger partial charge in [0.1, 0.15) is 5.82 Å². The number of aromatic amines is 1. The number of rotatable bonds is 10. The molecular formula is C27H27F6N7. The van der Waals surface area contributed by atoms with Crippen molar-refractivity contribution >= 4 is 22.7 Å². The monoisotopic (exact) mass is 563 g/mol. The number of hydrogen-bond donors (Lipinski definition) is 1. The zero-order valence-corrected chi connectivity index (χ0v) is 21.6. The highest BCUT2D eigenvalue weighted by molar-refractivity contribution is 5.82. The van der Waals surface area contributed by atoms with Gasteiger partial charge in [-0.25, -0.2) is 4.98 Å². The Labute approximate surface area is 226 Å². The highest BCUT2D eigenvalue weighted by Gasteiger charge is 2.37. The predicted octanol–water partition coefficient (Wildman–Crippen LogP) is 6.62. The van der Waals surface area contributed by atoms with Crippen molar-refractivity contribution in [2.24, 2.45) is 5.92 Å². The van der Waals surface area contributed by atoms with E-state index in [2.05, 4.69) is 32.4 Å². The van der Waals surface area contributed by atoms with Crippen LogP contribution in [0.2, 0.25) is 0 Å². The molecule has 7 nitrogen and oxygen atoms in total. The number of H-pyrrole nitrogens is 1. The van der Waals surface area contributed by atoms with Crippen LogP contribution in [0.3, 0.4) is 0 Å². The molecule has 0 aliphatic heterocycles. The van der Waals surface area contributed by atoms with Crippen LogP contribution in [0.4, 0.5) is 38.1 Å². The average Bonchev–Trinajstić information content (AvgIpc) is 3.54. The minimum absolute atomic E-state index is 0.0364. The van der Waals surface area contributed by atoms with E-state index in [1.807, 2.05) is 30.3 Å². The van der Waals surface area contributed by atoms with E-state index in [1.54, 1.807) is 0 Å². The summed E-state index contributed by atoms with van der Waals surface area (Å²) in [5, 5.41) is 14.7. The van der Waals surface area contributed by atoms with E-state index in [0.29, 0.717) is 5.92 Å². The zero-order valence-electron chi connectivity index (χ0n) is 21.6. The molecule has 0 unspecified atom stereocenters. The maximum absolute atomic E-state index is 13.5. The summed E-state index contributed by atoms with van der Waals surface area (Å²) in [6.07, 6.45) is -6.76. The summed E-state index contributed by atoms with van der Waals surface area (Å²) in [5.41, 5.74) is -1.41. The summed E-state index contributed by atoms with van der Waals surface area (Å²) in [6.45, 7) is 3.39. The van der Waals surface area contributed by atoms with Gasteiger partial charge in [0.2, 0.25) is 0 Å². The Balaban J connectivity index is 1.57. The van der Waals surface area contributed by atoms with E-state index in [1.165, 1.54) is 4.90 Å². The second-order valence-electron chi connectivity index (χ2n) is 10.0. The molecular weight excluding hydrogens is 536 g/mol. The number of benzene rings is 2. The van der Waals surface area contributed by atoms with Gasteiger partial charge in [-0.15, -0.1) is 5.10 Å². The fourth-order valence-electron chi connectivity index (χ4n) is 4.73. The number of hydrogen-bond acceptors (Lipinski definition) is 6. The van der Waals surface area contributed by atoms with Crippen LogP contribution in [-0.4, -0.2) is 38.7 Å². The third-order valence-electron chi connectivity index (χ3n) is 6.75. The predicted molar refractivity (Wildman–Crippen MR) is 137 cm³/mol. The van der Waals surface area contributed by atoms with E-state index in [-0.39, 0.29) is 30.7 Å². The van der Waals surface area contributed by atoms with Gasteiger partial charge in [-0.1, -0.05) is 30.2 Å². The molecule has 5 rings (SSSR count). The number of nitrogens with zero attached hydrogens (tertiary/aromatic N) is 6. The Hall–Kier alpha value is -3.90. The van der Waals surface area contributed by atoms with Gasteiger partial charge in [-0.3, -0.25) is 0 Å². The highest BCUT2D eigenvalue weighted by Crippen LogP contribution is 2.37. The van der Waals surface area contributed by atoms with Crippen molar-refractivity contribution in [2.75, 3.05) is 22.9 Å². The Morgan fingerprint density at radius 2 is 1.60 bits per heavy atom. The molecule has 0 atom stereocenters. The normalized spacial score (nSPS) is 14.1. The van der Waals surface area contributed by atoms with Gasteiger partial charge in [0.05, 0.1) is 16.6 Å². The van der Waals surface area contributed by atoms with Crippen molar-refractivity contribution in [1.82, 2.24) is 25.6 Å². The number of para-hydroxylation sites is 1. The van der Waals surface area contributed by atoms with Crippen molar-refractivity contribution in [1.29, 1.82) is 0 Å². The maximum Gasteiger partial charge on any atom is 0.416 e. The van der Waals surface area contributed by atoms with Crippen molar-refractivity contribution in [2.45, 2.75) is 51.6 Å². The number of aromatic nitrogens is 5. The Bertz CT molecular complexity index is 1420. The van der Waals surface area contributed by atoms with Crippen LogP contribution < -0.4 is 9.80 Å². The molecule has 40 heavy (non-hydrogen) atoms. The van der Waals surface area contributed by atoms with Crippen LogP contribution in [0.15, 0.2) is 48.5 Å². The Kier molecular flexibility index (Phi) is 7.56. The van der Waals surface area contributed by atoms with Gasteiger partial charge in [-0.05, 0) is 66.3 Å². The highest BCUT2D eigenvalue weighted by atomic mass is 19.4. The van der Waals surface area contributed by atoms with E-state index in [4.69, 9.17) is 4.98 Å². The topological polar surface area (TPSA) is 73.8 Å². The molecule has 212 valence electrons. The van der Waals surface area contributed by atoms with Gasteiger partial charge in [0, 0.05) is 37.1 Å². The summed E-state index contributed by atoms with van der Waals surface area (Å²) in [4.78, 5) is 8.65. The first-order valence-electron chi connectivity index (χ1n) is 12.9. The number of tetrazole rings is 1. The van der Waals surface area contributed by atoms with Crippen molar-refractivity contribution in [3.63, 3.8) is 0 Å². The van der Waals surface area contributed by atoms with Crippen LogP contribution in [0.1, 0.15) is 48.4 Å². The molecule has 0 bridgehead atoms. The molecule has 2 heterocycles. The van der Waals surface area contributed by atoms with Crippen LogP contribution in [0, 0.1) is 5.92 Å². The molecule has 0 spiro atoms. The van der Waals surface area contributed by atoms with Crippen molar-refractivity contribution < 1.29 is 26.3 Å². The maximum atomic E-state index is 13.5. The Morgan fingerprint density at radius 1 is 0.900 bits per heavy atom. The number of halogens is 6. The molecule has 1 aliphatic carbocycles. The molecule has 4 aromatic rings. The first kappa shape index (κ1) is 27.7. The lowest BCUT2D eigenvalue weighted by Crippen LogP contribution is -2.31. The van der Waals surface area contributed by atoms with Gasteiger partial charge in [0.25, 0.3) is 5.95 Å². The third kappa shape index (κ3) is 6.45. The van der Waals surface area contributed by atoms with Gasteiger partial charge < -0.3 is 9.80 Å². The van der Waals surface area contributed by atoms with E-state index in [0.717, 1.165) is 66.8 Å². The van der Waals surface area contributed by atoms with Crippen LogP contribution in [0.5, 0.6) is 0 Å². The van der Waals surface area contributed by atoms with Crippen LogP contribution in [-0.2, 0) is 25.4 Å². The lowest BCUT2D eigenvalue weighted by atomic mass is 10.0. The van der Waals surface area contributed by atoms with E-state index >= 15 is 0 Å². The smallest absolute Gasteiger partial charge is 0.356 e. The fourth-order valence-corrected chi connectivity index (χ4v) is 4.73. The third-order valence-corrected chi connectivity index (χ3v) is 6.75. The summed E-state index contributed by atoms with van der Waals surface area (Å²) in [7, 11) is 0. The van der Waals surface area contributed by atoms with Crippen LogP contribution >= 0.6 is 0 Å². The Morgan fingerprint density at radius 3 is 2.20 bits per heavy atom. The molecule has 1 saturated carbocycles. The zero-order chi connectivity index (χ0) is 28.5. The minimum Gasteiger partial charge on any atom is -0.356 e. The molecule has 2 aromatic heterocycles. The largest absolute Gasteiger partial charge is 0.416 e. The number of alkyl halides is 6. The molecule has 2 aromatic carbocycles. The summed E-state index contributed by atoms with van der Waals surface area (Å²) in [6, 6.07) is 11.1. The van der Waals surface area contributed by atoms with Crippen LogP contribution in [0.25, 0.3) is 10.9 Å².